The van der Waals surface area contributed by atoms with Crippen LogP contribution in [0.3, 0.4) is 0 Å². The predicted octanol–water partition coefficient (Wildman–Crippen LogP) is 0.0851. The third-order valence-corrected chi connectivity index (χ3v) is 3.10. The summed E-state index contributed by atoms with van der Waals surface area (Å²) in [6, 6.07) is 0.343. The van der Waals surface area contributed by atoms with Gasteiger partial charge >= 0.3 is 0 Å². The largest absolute Gasteiger partial charge is 0.352 e. The van der Waals surface area contributed by atoms with Gasteiger partial charge in [0.25, 0.3) is 0 Å². The molecule has 1 aliphatic carbocycles. The summed E-state index contributed by atoms with van der Waals surface area (Å²) < 4.78 is 1.51. The van der Waals surface area contributed by atoms with Crippen molar-refractivity contribution in [3.63, 3.8) is 0 Å². The van der Waals surface area contributed by atoms with E-state index in [1.54, 1.807) is 6.20 Å². The average Bonchev–Trinajstić information content (AvgIpc) is 3.09. The van der Waals surface area contributed by atoms with Crippen molar-refractivity contribution in [2.24, 2.45) is 11.7 Å². The second kappa shape index (κ2) is 6.51. The van der Waals surface area contributed by atoms with Crippen LogP contribution in [0.4, 0.5) is 5.69 Å². The van der Waals surface area contributed by atoms with Crippen molar-refractivity contribution in [2.45, 2.75) is 38.8 Å². The Bertz CT molecular complexity index is 481. The molecule has 0 saturated heterocycles. The Balaban J connectivity index is 1.78. The van der Waals surface area contributed by atoms with E-state index < -0.39 is 0 Å². The van der Waals surface area contributed by atoms with Gasteiger partial charge < -0.3 is 16.4 Å². The lowest BCUT2D eigenvalue weighted by atomic mass is 10.1. The Labute approximate surface area is 117 Å². The molecule has 4 N–H and O–H groups in total. The van der Waals surface area contributed by atoms with E-state index in [-0.39, 0.29) is 24.3 Å². The molecule has 7 heteroatoms. The molecule has 7 nitrogen and oxygen atoms in total. The first-order chi connectivity index (χ1) is 9.56. The van der Waals surface area contributed by atoms with Crippen LogP contribution >= 0.6 is 0 Å². The molecule has 110 valence electrons. The molecule has 1 saturated carbocycles. The monoisotopic (exact) mass is 279 g/mol. The van der Waals surface area contributed by atoms with Gasteiger partial charge in [-0.25, -0.2) is 0 Å². The lowest BCUT2D eigenvalue weighted by molar-refractivity contribution is -0.122. The van der Waals surface area contributed by atoms with Crippen LogP contribution in [0.25, 0.3) is 0 Å². The number of nitrogens with one attached hydrogen (secondary N) is 2. The Morgan fingerprint density at radius 1 is 1.50 bits per heavy atom. The van der Waals surface area contributed by atoms with Crippen LogP contribution in [-0.2, 0) is 16.1 Å². The quantitative estimate of drug-likeness (QED) is 0.658. The molecule has 1 fully saturated rings. The van der Waals surface area contributed by atoms with Crippen LogP contribution < -0.4 is 16.4 Å². The molecule has 1 aromatic rings. The zero-order valence-corrected chi connectivity index (χ0v) is 11.6. The molecule has 1 heterocycles. The number of anilines is 1. The first-order valence-electron chi connectivity index (χ1n) is 6.88. The van der Waals surface area contributed by atoms with Gasteiger partial charge in [-0.15, -0.1) is 0 Å². The number of amides is 2. The van der Waals surface area contributed by atoms with Gasteiger partial charge in [0.1, 0.15) is 6.54 Å². The van der Waals surface area contributed by atoms with Gasteiger partial charge in [0.05, 0.1) is 11.9 Å². The Morgan fingerprint density at radius 2 is 2.25 bits per heavy atom. The summed E-state index contributed by atoms with van der Waals surface area (Å²) in [5.41, 5.74) is 6.07. The van der Waals surface area contributed by atoms with Crippen LogP contribution in [-0.4, -0.2) is 34.2 Å². The van der Waals surface area contributed by atoms with Crippen LogP contribution in [0.1, 0.15) is 26.2 Å². The molecule has 0 spiro atoms. The van der Waals surface area contributed by atoms with Gasteiger partial charge in [-0.05, 0) is 25.3 Å². The minimum Gasteiger partial charge on any atom is -0.352 e. The molecule has 1 aromatic heterocycles. The number of carbonyl (C=O) groups excluding carboxylic acids is 2. The van der Waals surface area contributed by atoms with E-state index in [0.29, 0.717) is 24.7 Å². The normalized spacial score (nSPS) is 15.7. The minimum atomic E-state index is -0.0927. The van der Waals surface area contributed by atoms with Crippen molar-refractivity contribution >= 4 is 17.5 Å². The maximum Gasteiger partial charge on any atom is 0.241 e. The summed E-state index contributed by atoms with van der Waals surface area (Å²) in [7, 11) is 0. The molecule has 1 unspecified atom stereocenters. The second-order valence-electron chi connectivity index (χ2n) is 5.36. The number of aromatic nitrogens is 2. The number of rotatable bonds is 7. The highest BCUT2D eigenvalue weighted by molar-refractivity contribution is 5.90. The van der Waals surface area contributed by atoms with E-state index in [0.717, 1.165) is 12.8 Å². The van der Waals surface area contributed by atoms with Crippen molar-refractivity contribution in [3.05, 3.63) is 12.4 Å². The van der Waals surface area contributed by atoms with E-state index in [1.165, 1.54) is 10.9 Å². The topological polar surface area (TPSA) is 102 Å². The van der Waals surface area contributed by atoms with Gasteiger partial charge in [0.15, 0.2) is 0 Å². The maximum absolute atomic E-state index is 11.7. The second-order valence-corrected chi connectivity index (χ2v) is 5.36. The summed E-state index contributed by atoms with van der Waals surface area (Å²) in [5.74, 6) is 0.00419. The zero-order chi connectivity index (χ0) is 14.5. The fourth-order valence-electron chi connectivity index (χ4n) is 1.77. The molecule has 0 bridgehead atoms. The molecule has 2 amide bonds. The van der Waals surface area contributed by atoms with Crippen LogP contribution in [0.2, 0.25) is 0 Å². The van der Waals surface area contributed by atoms with Crippen LogP contribution in [0.5, 0.6) is 0 Å². The summed E-state index contributed by atoms with van der Waals surface area (Å²) in [6.45, 7) is 2.57. The standard InChI is InChI=1S/C13H21N5O2/c1-9(5-14)4-12(19)17-11-6-15-18(7-11)8-13(20)16-10-2-3-10/h6-7,9-10H,2-5,8,14H2,1H3,(H,16,20)(H,17,19). The number of hydrogen-bond acceptors (Lipinski definition) is 4. The Morgan fingerprint density at radius 3 is 2.90 bits per heavy atom. The molecular weight excluding hydrogens is 258 g/mol. The van der Waals surface area contributed by atoms with Crippen molar-refractivity contribution in [1.29, 1.82) is 0 Å². The maximum atomic E-state index is 11.7. The van der Waals surface area contributed by atoms with Gasteiger partial charge in [-0.1, -0.05) is 6.92 Å². The van der Waals surface area contributed by atoms with Crippen molar-refractivity contribution in [2.75, 3.05) is 11.9 Å². The molecular formula is C13H21N5O2. The summed E-state index contributed by atoms with van der Waals surface area (Å²) in [6.07, 6.45) is 5.69. The number of nitrogens with zero attached hydrogens (tertiary/aromatic N) is 2. The van der Waals surface area contributed by atoms with Gasteiger partial charge in [-0.3, -0.25) is 14.3 Å². The summed E-state index contributed by atoms with van der Waals surface area (Å²) in [5, 5.41) is 9.68. The first-order valence-corrected chi connectivity index (χ1v) is 6.88. The van der Waals surface area contributed by atoms with E-state index in [9.17, 15) is 9.59 Å². The van der Waals surface area contributed by atoms with Crippen molar-refractivity contribution in [3.8, 4) is 0 Å². The lowest BCUT2D eigenvalue weighted by Gasteiger charge is -2.07. The molecule has 1 aliphatic rings. The van der Waals surface area contributed by atoms with E-state index in [2.05, 4.69) is 15.7 Å². The van der Waals surface area contributed by atoms with E-state index >= 15 is 0 Å². The Kier molecular flexibility index (Phi) is 4.73. The summed E-state index contributed by atoms with van der Waals surface area (Å²) >= 11 is 0. The number of nitrogens with two attached hydrogens (primary N) is 1. The summed E-state index contributed by atoms with van der Waals surface area (Å²) in [4.78, 5) is 23.3. The van der Waals surface area contributed by atoms with E-state index in [1.807, 2.05) is 6.92 Å². The third kappa shape index (κ3) is 4.65. The van der Waals surface area contributed by atoms with E-state index in [4.69, 9.17) is 5.73 Å². The van der Waals surface area contributed by atoms with Crippen LogP contribution in [0, 0.1) is 5.92 Å². The minimum absolute atomic E-state index is 0.0507. The van der Waals surface area contributed by atoms with Gasteiger partial charge in [0, 0.05) is 18.7 Å². The molecule has 2 rings (SSSR count). The van der Waals surface area contributed by atoms with Crippen molar-refractivity contribution in [1.82, 2.24) is 15.1 Å². The number of carbonyl (C=O) groups is 2. The van der Waals surface area contributed by atoms with Crippen molar-refractivity contribution < 1.29 is 9.59 Å². The molecule has 1 atom stereocenters. The lowest BCUT2D eigenvalue weighted by Crippen LogP contribution is -2.29. The first kappa shape index (κ1) is 14.5. The number of hydrogen-bond donors (Lipinski definition) is 3. The van der Waals surface area contributed by atoms with Gasteiger partial charge in [-0.2, -0.15) is 5.10 Å². The molecule has 0 radical (unpaired) electrons. The molecule has 0 aromatic carbocycles. The SMILES string of the molecule is CC(CN)CC(=O)Nc1cnn(CC(=O)NC2CC2)c1. The van der Waals surface area contributed by atoms with Crippen LogP contribution in [0.15, 0.2) is 12.4 Å². The van der Waals surface area contributed by atoms with Gasteiger partial charge in [0.2, 0.25) is 11.8 Å². The fraction of sp³-hybridized carbons (Fsp3) is 0.615. The average molecular weight is 279 g/mol. The molecule has 0 aliphatic heterocycles. The smallest absolute Gasteiger partial charge is 0.241 e. The third-order valence-electron chi connectivity index (χ3n) is 3.10. The highest BCUT2D eigenvalue weighted by Gasteiger charge is 2.23. The molecule has 20 heavy (non-hydrogen) atoms. The predicted molar refractivity (Wildman–Crippen MR) is 74.9 cm³/mol. The Hall–Kier alpha value is -1.89. The highest BCUT2D eigenvalue weighted by atomic mass is 16.2. The highest BCUT2D eigenvalue weighted by Crippen LogP contribution is 2.18. The zero-order valence-electron chi connectivity index (χ0n) is 11.6. The fourth-order valence-corrected chi connectivity index (χ4v) is 1.77.